The Hall–Kier alpha value is -2.08. The van der Waals surface area contributed by atoms with Gasteiger partial charge in [0.2, 0.25) is 0 Å². The maximum Gasteiger partial charge on any atom is 0.407 e. The molecule has 0 heterocycles. The van der Waals surface area contributed by atoms with Gasteiger partial charge in [-0.3, -0.25) is 0 Å². The van der Waals surface area contributed by atoms with Gasteiger partial charge in [-0.05, 0) is 12.0 Å². The molecule has 2 atom stereocenters. The average molecular weight is 265 g/mol. The summed E-state index contributed by atoms with van der Waals surface area (Å²) in [6.07, 6.45) is -0.468. The molecule has 0 aromatic heterocycles. The van der Waals surface area contributed by atoms with Crippen molar-refractivity contribution in [1.29, 1.82) is 0 Å². The van der Waals surface area contributed by atoms with Crippen molar-refractivity contribution in [3.63, 3.8) is 0 Å². The van der Waals surface area contributed by atoms with Gasteiger partial charge in [0.25, 0.3) is 0 Å². The Balaban J connectivity index is 1.68. The average Bonchev–Trinajstić information content (AvgIpc) is 3.08. The lowest BCUT2D eigenvalue weighted by atomic mass is 10.2. The summed E-state index contributed by atoms with van der Waals surface area (Å²) in [6, 6.07) is 9.21. The third-order valence-electron chi connectivity index (χ3n) is 3.15. The van der Waals surface area contributed by atoms with Crippen LogP contribution in [0.3, 0.4) is 0 Å². The van der Waals surface area contributed by atoms with E-state index in [9.17, 15) is 14.7 Å². The van der Waals surface area contributed by atoms with Crippen LogP contribution in [0.2, 0.25) is 0 Å². The molecule has 2 rings (SSSR count). The van der Waals surface area contributed by atoms with Crippen molar-refractivity contribution in [2.45, 2.75) is 18.6 Å². The number of amides is 1. The molecule has 1 aromatic carbocycles. The lowest BCUT2D eigenvalue weighted by molar-refractivity contribution is -0.150. The second-order valence-corrected chi connectivity index (χ2v) is 4.57. The van der Waals surface area contributed by atoms with Crippen LogP contribution in [0.4, 0.5) is 4.79 Å². The fourth-order valence-corrected chi connectivity index (χ4v) is 1.80. The minimum absolute atomic E-state index is 0.0937. The topological polar surface area (TPSA) is 95.9 Å². The van der Waals surface area contributed by atoms with Crippen LogP contribution in [-0.4, -0.2) is 34.4 Å². The first-order valence-corrected chi connectivity index (χ1v) is 5.92. The summed E-state index contributed by atoms with van der Waals surface area (Å²) in [5.41, 5.74) is -0.821. The number of nitrogens with one attached hydrogen (secondary N) is 1. The van der Waals surface area contributed by atoms with Crippen molar-refractivity contribution < 1.29 is 24.5 Å². The molecule has 1 aliphatic rings. The zero-order chi connectivity index (χ0) is 13.9. The molecule has 3 N–H and O–H groups in total. The first kappa shape index (κ1) is 13.4. The molecule has 1 saturated carbocycles. The number of hydrogen-bond acceptors (Lipinski definition) is 4. The van der Waals surface area contributed by atoms with Gasteiger partial charge in [-0.2, -0.15) is 0 Å². The third-order valence-corrected chi connectivity index (χ3v) is 3.15. The van der Waals surface area contributed by atoms with E-state index in [0.717, 1.165) is 5.56 Å². The molecule has 6 heteroatoms. The Labute approximate surface area is 110 Å². The highest BCUT2D eigenvalue weighted by Gasteiger charge is 2.59. The van der Waals surface area contributed by atoms with E-state index in [0.29, 0.717) is 0 Å². The first-order chi connectivity index (χ1) is 9.02. The van der Waals surface area contributed by atoms with E-state index < -0.39 is 23.6 Å². The normalized spacial score (nSPS) is 24.6. The number of rotatable bonds is 5. The number of hydrogen-bond donors (Lipinski definition) is 3. The van der Waals surface area contributed by atoms with Crippen molar-refractivity contribution in [3.8, 4) is 0 Å². The number of carboxylic acid groups (broad SMARTS) is 1. The minimum Gasteiger partial charge on any atom is -0.479 e. The van der Waals surface area contributed by atoms with Crippen LogP contribution in [0.5, 0.6) is 0 Å². The SMILES string of the molecule is O=C(NCC1CC1(O)C(=O)O)OCc1ccccc1. The van der Waals surface area contributed by atoms with Crippen LogP contribution >= 0.6 is 0 Å². The van der Waals surface area contributed by atoms with Crippen molar-refractivity contribution in [2.75, 3.05) is 6.54 Å². The van der Waals surface area contributed by atoms with E-state index in [1.165, 1.54) is 0 Å². The van der Waals surface area contributed by atoms with Gasteiger partial charge in [-0.25, -0.2) is 9.59 Å². The number of aliphatic carboxylic acids is 1. The Morgan fingerprint density at radius 1 is 1.37 bits per heavy atom. The summed E-state index contributed by atoms with van der Waals surface area (Å²) < 4.78 is 4.96. The smallest absolute Gasteiger partial charge is 0.407 e. The van der Waals surface area contributed by atoms with Gasteiger partial charge in [-0.15, -0.1) is 0 Å². The van der Waals surface area contributed by atoms with Gasteiger partial charge in [-0.1, -0.05) is 30.3 Å². The van der Waals surface area contributed by atoms with E-state index in [1.54, 1.807) is 0 Å². The molecule has 6 nitrogen and oxygen atoms in total. The van der Waals surface area contributed by atoms with Crippen molar-refractivity contribution in [1.82, 2.24) is 5.32 Å². The van der Waals surface area contributed by atoms with Crippen molar-refractivity contribution >= 4 is 12.1 Å². The molecule has 0 radical (unpaired) electrons. The van der Waals surface area contributed by atoms with E-state index in [1.807, 2.05) is 30.3 Å². The molecule has 1 aromatic rings. The predicted octanol–water partition coefficient (Wildman–Crippen LogP) is 0.748. The fourth-order valence-electron chi connectivity index (χ4n) is 1.80. The van der Waals surface area contributed by atoms with Crippen LogP contribution in [0, 0.1) is 5.92 Å². The Morgan fingerprint density at radius 2 is 2.05 bits per heavy atom. The molecule has 0 bridgehead atoms. The highest BCUT2D eigenvalue weighted by molar-refractivity contribution is 5.81. The van der Waals surface area contributed by atoms with Crippen molar-refractivity contribution in [2.24, 2.45) is 5.92 Å². The van der Waals surface area contributed by atoms with Crippen molar-refractivity contribution in [3.05, 3.63) is 35.9 Å². The number of aliphatic hydroxyl groups is 1. The highest BCUT2D eigenvalue weighted by Crippen LogP contribution is 2.42. The van der Waals surface area contributed by atoms with Gasteiger partial charge in [0, 0.05) is 12.5 Å². The molecule has 1 aliphatic carbocycles. The minimum atomic E-state index is -1.69. The molecule has 0 saturated heterocycles. The Morgan fingerprint density at radius 3 is 2.63 bits per heavy atom. The fraction of sp³-hybridized carbons (Fsp3) is 0.385. The zero-order valence-electron chi connectivity index (χ0n) is 10.2. The van der Waals surface area contributed by atoms with Gasteiger partial charge in [0.05, 0.1) is 0 Å². The summed E-state index contributed by atoms with van der Waals surface area (Å²) in [7, 11) is 0. The van der Waals surface area contributed by atoms with E-state index in [4.69, 9.17) is 9.84 Å². The number of ether oxygens (including phenoxy) is 1. The number of alkyl carbamates (subject to hydrolysis) is 1. The molecule has 0 spiro atoms. The van der Waals surface area contributed by atoms with Crippen LogP contribution in [0.15, 0.2) is 30.3 Å². The summed E-state index contributed by atoms with van der Waals surface area (Å²) in [4.78, 5) is 22.0. The standard InChI is InChI=1S/C13H15NO5/c15-11(16)13(18)6-10(13)7-14-12(17)19-8-9-4-2-1-3-5-9/h1-5,10,18H,6-8H2,(H,14,17)(H,15,16). The monoisotopic (exact) mass is 265 g/mol. The molecule has 102 valence electrons. The summed E-state index contributed by atoms with van der Waals surface area (Å²) in [5.74, 6) is -1.70. The summed E-state index contributed by atoms with van der Waals surface area (Å²) in [5, 5.41) is 20.6. The molecular formula is C13H15NO5. The van der Waals surface area contributed by atoms with Crippen LogP contribution in [-0.2, 0) is 16.1 Å². The molecule has 1 amide bonds. The maximum absolute atomic E-state index is 11.4. The number of carbonyl (C=O) groups is 2. The summed E-state index contributed by atoms with van der Waals surface area (Å²) in [6.45, 7) is 0.247. The lowest BCUT2D eigenvalue weighted by Gasteiger charge is -2.08. The quantitative estimate of drug-likeness (QED) is 0.730. The number of benzene rings is 1. The van der Waals surface area contributed by atoms with Gasteiger partial charge >= 0.3 is 12.1 Å². The molecule has 0 aliphatic heterocycles. The molecule has 2 unspecified atom stereocenters. The van der Waals surface area contributed by atoms with Gasteiger partial charge in [0.15, 0.2) is 5.60 Å². The largest absolute Gasteiger partial charge is 0.479 e. The Bertz CT molecular complexity index is 475. The predicted molar refractivity (Wildman–Crippen MR) is 65.3 cm³/mol. The molecule has 1 fully saturated rings. The second-order valence-electron chi connectivity index (χ2n) is 4.57. The van der Waals surface area contributed by atoms with Gasteiger partial charge < -0.3 is 20.3 Å². The molecule has 19 heavy (non-hydrogen) atoms. The third kappa shape index (κ3) is 3.23. The van der Waals surface area contributed by atoms with Crippen LogP contribution in [0.1, 0.15) is 12.0 Å². The van der Waals surface area contributed by atoms with Gasteiger partial charge in [0.1, 0.15) is 6.61 Å². The maximum atomic E-state index is 11.4. The van der Waals surface area contributed by atoms with Crippen LogP contribution in [0.25, 0.3) is 0 Å². The van der Waals surface area contributed by atoms with E-state index in [-0.39, 0.29) is 19.6 Å². The van der Waals surface area contributed by atoms with E-state index >= 15 is 0 Å². The summed E-state index contributed by atoms with van der Waals surface area (Å²) >= 11 is 0. The number of carbonyl (C=O) groups excluding carboxylic acids is 1. The highest BCUT2D eigenvalue weighted by atomic mass is 16.5. The lowest BCUT2D eigenvalue weighted by Crippen LogP contribution is -2.32. The van der Waals surface area contributed by atoms with Crippen LogP contribution < -0.4 is 5.32 Å². The zero-order valence-corrected chi connectivity index (χ0v) is 10.2. The first-order valence-electron chi connectivity index (χ1n) is 5.92. The van der Waals surface area contributed by atoms with E-state index in [2.05, 4.69) is 5.32 Å². The second kappa shape index (κ2) is 5.27. The number of carboxylic acids is 1. The Kier molecular flexibility index (Phi) is 3.71. The molecular weight excluding hydrogens is 250 g/mol.